The molecule has 0 saturated carbocycles. The van der Waals surface area contributed by atoms with E-state index >= 15 is 0 Å². The molecule has 0 aromatic carbocycles. The van der Waals surface area contributed by atoms with Crippen LogP contribution in [-0.2, 0) is 6.18 Å². The lowest BCUT2D eigenvalue weighted by Crippen LogP contribution is -2.47. The van der Waals surface area contributed by atoms with Gasteiger partial charge in [-0.25, -0.2) is 0 Å². The number of nitrogens with zero attached hydrogens (tertiary/aromatic N) is 2. The van der Waals surface area contributed by atoms with Crippen LogP contribution < -0.4 is 5.32 Å². The minimum absolute atomic E-state index is 0.190. The quantitative estimate of drug-likeness (QED) is 0.904. The summed E-state index contributed by atoms with van der Waals surface area (Å²) >= 11 is 0. The Bertz CT molecular complexity index is 473. The molecule has 1 aromatic heterocycles. The molecule has 1 aliphatic rings. The number of likely N-dealkylation sites (tertiary alicyclic amines) is 1. The predicted octanol–water partition coefficient (Wildman–Crippen LogP) is 1.92. The van der Waals surface area contributed by atoms with E-state index in [-0.39, 0.29) is 17.5 Å². The SMILES string of the molecule is CN[C@H]1CCCN(C(=O)c2ccc(C(F)(F)F)nc2)C1. The number of hydrogen-bond acceptors (Lipinski definition) is 3. The molecule has 0 radical (unpaired) electrons. The van der Waals surface area contributed by atoms with E-state index in [1.165, 1.54) is 6.07 Å². The molecule has 0 aliphatic carbocycles. The molecule has 0 spiro atoms. The van der Waals surface area contributed by atoms with E-state index in [0.717, 1.165) is 25.1 Å². The van der Waals surface area contributed by atoms with Gasteiger partial charge in [0.25, 0.3) is 5.91 Å². The fourth-order valence-electron chi connectivity index (χ4n) is 2.27. The average molecular weight is 287 g/mol. The van der Waals surface area contributed by atoms with Crippen LogP contribution in [0.5, 0.6) is 0 Å². The van der Waals surface area contributed by atoms with Crippen LogP contribution in [0.2, 0.25) is 0 Å². The first-order valence-electron chi connectivity index (χ1n) is 6.41. The number of aromatic nitrogens is 1. The van der Waals surface area contributed by atoms with Crippen LogP contribution in [0.3, 0.4) is 0 Å². The highest BCUT2D eigenvalue weighted by atomic mass is 19.4. The summed E-state index contributed by atoms with van der Waals surface area (Å²) in [5.41, 5.74) is -0.796. The van der Waals surface area contributed by atoms with E-state index in [0.29, 0.717) is 13.1 Å². The second-order valence-corrected chi connectivity index (χ2v) is 4.81. The number of piperidine rings is 1. The molecule has 0 unspecified atom stereocenters. The molecule has 0 bridgehead atoms. The zero-order chi connectivity index (χ0) is 14.8. The number of alkyl halides is 3. The number of likely N-dealkylation sites (N-methyl/N-ethyl adjacent to an activating group) is 1. The minimum Gasteiger partial charge on any atom is -0.337 e. The molecule has 1 amide bonds. The van der Waals surface area contributed by atoms with Gasteiger partial charge in [0.2, 0.25) is 0 Å². The van der Waals surface area contributed by atoms with Crippen LogP contribution in [-0.4, -0.2) is 42.0 Å². The van der Waals surface area contributed by atoms with Crippen LogP contribution in [0.15, 0.2) is 18.3 Å². The first-order chi connectivity index (χ1) is 9.41. The number of halogens is 3. The average Bonchev–Trinajstić information content (AvgIpc) is 2.46. The molecule has 110 valence electrons. The number of carbonyl (C=O) groups excluding carboxylic acids is 1. The Morgan fingerprint density at radius 3 is 2.75 bits per heavy atom. The maximum absolute atomic E-state index is 12.4. The molecule has 1 fully saturated rings. The first-order valence-corrected chi connectivity index (χ1v) is 6.41. The summed E-state index contributed by atoms with van der Waals surface area (Å²) in [6.07, 6.45) is -1.62. The van der Waals surface area contributed by atoms with E-state index in [1.807, 2.05) is 7.05 Å². The Balaban J connectivity index is 2.09. The van der Waals surface area contributed by atoms with Crippen molar-refractivity contribution in [2.24, 2.45) is 0 Å². The molecular weight excluding hydrogens is 271 g/mol. The Labute approximate surface area is 115 Å². The predicted molar refractivity (Wildman–Crippen MR) is 67.2 cm³/mol. The van der Waals surface area contributed by atoms with Crippen molar-refractivity contribution in [2.45, 2.75) is 25.1 Å². The van der Waals surface area contributed by atoms with Crippen LogP contribution in [0, 0.1) is 0 Å². The Morgan fingerprint density at radius 2 is 2.20 bits per heavy atom. The summed E-state index contributed by atoms with van der Waals surface area (Å²) in [6, 6.07) is 2.25. The van der Waals surface area contributed by atoms with E-state index in [2.05, 4.69) is 10.3 Å². The van der Waals surface area contributed by atoms with Crippen molar-refractivity contribution < 1.29 is 18.0 Å². The highest BCUT2D eigenvalue weighted by molar-refractivity contribution is 5.94. The highest BCUT2D eigenvalue weighted by Crippen LogP contribution is 2.27. The molecule has 1 aliphatic heterocycles. The molecule has 2 heterocycles. The van der Waals surface area contributed by atoms with Gasteiger partial charge in [-0.2, -0.15) is 13.2 Å². The third kappa shape index (κ3) is 3.27. The van der Waals surface area contributed by atoms with E-state index in [9.17, 15) is 18.0 Å². The zero-order valence-electron chi connectivity index (χ0n) is 11.1. The summed E-state index contributed by atoms with van der Waals surface area (Å²) in [4.78, 5) is 17.2. The summed E-state index contributed by atoms with van der Waals surface area (Å²) in [5.74, 6) is -0.272. The molecule has 1 saturated heterocycles. The molecule has 1 aromatic rings. The number of amides is 1. The zero-order valence-corrected chi connectivity index (χ0v) is 11.1. The van der Waals surface area contributed by atoms with Gasteiger partial charge < -0.3 is 10.2 Å². The van der Waals surface area contributed by atoms with Gasteiger partial charge in [-0.3, -0.25) is 9.78 Å². The van der Waals surface area contributed by atoms with Crippen molar-refractivity contribution in [1.29, 1.82) is 0 Å². The van der Waals surface area contributed by atoms with Crippen LogP contribution >= 0.6 is 0 Å². The summed E-state index contributed by atoms with van der Waals surface area (Å²) in [5, 5.41) is 3.11. The standard InChI is InChI=1S/C13H16F3N3O/c1-17-10-3-2-6-19(8-10)12(20)9-4-5-11(18-7-9)13(14,15)16/h4-5,7,10,17H,2-3,6,8H2,1H3/t10-/m0/s1. The van der Waals surface area contributed by atoms with Gasteiger partial charge >= 0.3 is 6.18 Å². The molecule has 1 atom stereocenters. The maximum Gasteiger partial charge on any atom is 0.433 e. The van der Waals surface area contributed by atoms with E-state index < -0.39 is 11.9 Å². The summed E-state index contributed by atoms with van der Waals surface area (Å²) < 4.78 is 37.2. The Morgan fingerprint density at radius 1 is 1.45 bits per heavy atom. The van der Waals surface area contributed by atoms with Gasteiger partial charge in [0.05, 0.1) is 5.56 Å². The number of hydrogen-bond donors (Lipinski definition) is 1. The minimum atomic E-state index is -4.48. The lowest BCUT2D eigenvalue weighted by molar-refractivity contribution is -0.141. The third-order valence-corrected chi connectivity index (χ3v) is 3.42. The second kappa shape index (κ2) is 5.78. The Hall–Kier alpha value is -1.63. The van der Waals surface area contributed by atoms with Gasteiger partial charge in [-0.05, 0) is 32.0 Å². The van der Waals surface area contributed by atoms with Crippen molar-refractivity contribution in [1.82, 2.24) is 15.2 Å². The molecular formula is C13H16F3N3O. The third-order valence-electron chi connectivity index (χ3n) is 3.42. The van der Waals surface area contributed by atoms with Gasteiger partial charge in [0, 0.05) is 25.3 Å². The van der Waals surface area contributed by atoms with E-state index in [4.69, 9.17) is 0 Å². The fourth-order valence-corrected chi connectivity index (χ4v) is 2.27. The lowest BCUT2D eigenvalue weighted by Gasteiger charge is -2.32. The molecule has 4 nitrogen and oxygen atoms in total. The molecule has 1 N–H and O–H groups in total. The van der Waals surface area contributed by atoms with Crippen molar-refractivity contribution in [2.75, 3.05) is 20.1 Å². The Kier molecular flexibility index (Phi) is 4.27. The van der Waals surface area contributed by atoms with Crippen molar-refractivity contribution in [3.63, 3.8) is 0 Å². The molecule has 2 rings (SSSR count). The van der Waals surface area contributed by atoms with Gasteiger partial charge in [0.1, 0.15) is 5.69 Å². The normalized spacial score (nSPS) is 20.0. The number of carbonyl (C=O) groups is 1. The summed E-state index contributed by atoms with van der Waals surface area (Å²) in [6.45, 7) is 1.19. The van der Waals surface area contributed by atoms with E-state index in [1.54, 1.807) is 4.90 Å². The van der Waals surface area contributed by atoms with Crippen molar-refractivity contribution >= 4 is 5.91 Å². The topological polar surface area (TPSA) is 45.2 Å². The number of nitrogens with one attached hydrogen (secondary N) is 1. The fraction of sp³-hybridized carbons (Fsp3) is 0.538. The first kappa shape index (κ1) is 14.8. The highest BCUT2D eigenvalue weighted by Gasteiger charge is 2.32. The van der Waals surface area contributed by atoms with Crippen LogP contribution in [0.25, 0.3) is 0 Å². The van der Waals surface area contributed by atoms with Gasteiger partial charge in [-0.15, -0.1) is 0 Å². The molecule has 7 heteroatoms. The smallest absolute Gasteiger partial charge is 0.337 e. The summed E-state index contributed by atoms with van der Waals surface area (Å²) in [7, 11) is 1.83. The monoisotopic (exact) mass is 287 g/mol. The number of pyridine rings is 1. The van der Waals surface area contributed by atoms with Gasteiger partial charge in [0.15, 0.2) is 0 Å². The van der Waals surface area contributed by atoms with Crippen molar-refractivity contribution in [3.05, 3.63) is 29.6 Å². The molecule has 20 heavy (non-hydrogen) atoms. The van der Waals surface area contributed by atoms with Crippen LogP contribution in [0.1, 0.15) is 28.9 Å². The van der Waals surface area contributed by atoms with Crippen LogP contribution in [0.4, 0.5) is 13.2 Å². The second-order valence-electron chi connectivity index (χ2n) is 4.81. The lowest BCUT2D eigenvalue weighted by atomic mass is 10.0. The number of rotatable bonds is 2. The largest absolute Gasteiger partial charge is 0.433 e. The van der Waals surface area contributed by atoms with Gasteiger partial charge in [-0.1, -0.05) is 0 Å². The van der Waals surface area contributed by atoms with Crippen molar-refractivity contribution in [3.8, 4) is 0 Å². The maximum atomic E-state index is 12.4.